The maximum atomic E-state index is 4.72. The number of hydrogen-bond donors (Lipinski definition) is 0. The largest absolute Gasteiger partial charge is 0.367 e. The van der Waals surface area contributed by atoms with E-state index in [0.717, 1.165) is 73.1 Å². The molecule has 0 N–H and O–H groups in total. The lowest BCUT2D eigenvalue weighted by Gasteiger charge is -2.24. The first kappa shape index (κ1) is 18.6. The summed E-state index contributed by atoms with van der Waals surface area (Å²) in [5, 5.41) is 1.15. The molecule has 1 fully saturated rings. The number of likely N-dealkylation sites (N-methyl/N-ethyl adjacent to an activating group) is 1. The first-order valence-electron chi connectivity index (χ1n) is 9.93. The minimum Gasteiger partial charge on any atom is -0.367 e. The monoisotopic (exact) mass is 376 g/mol. The van der Waals surface area contributed by atoms with Gasteiger partial charge in [0.15, 0.2) is 0 Å². The van der Waals surface area contributed by atoms with E-state index >= 15 is 0 Å². The Morgan fingerprint density at radius 2 is 1.89 bits per heavy atom. The summed E-state index contributed by atoms with van der Waals surface area (Å²) in [4.78, 5) is 21.0. The van der Waals surface area contributed by atoms with Crippen molar-refractivity contribution in [2.24, 2.45) is 0 Å². The van der Waals surface area contributed by atoms with Crippen LogP contribution in [-0.2, 0) is 6.54 Å². The third-order valence-electron chi connectivity index (χ3n) is 5.34. The van der Waals surface area contributed by atoms with Gasteiger partial charge in [-0.15, -0.1) is 0 Å². The van der Waals surface area contributed by atoms with Crippen molar-refractivity contribution in [3.05, 3.63) is 54.1 Å². The highest BCUT2D eigenvalue weighted by Crippen LogP contribution is 2.25. The van der Waals surface area contributed by atoms with Gasteiger partial charge < -0.3 is 14.7 Å². The van der Waals surface area contributed by atoms with E-state index in [1.165, 1.54) is 0 Å². The number of benzene rings is 1. The summed E-state index contributed by atoms with van der Waals surface area (Å²) in [7, 11) is 4.29. The van der Waals surface area contributed by atoms with Crippen molar-refractivity contribution in [3.8, 4) is 0 Å². The van der Waals surface area contributed by atoms with Crippen molar-refractivity contribution in [1.82, 2.24) is 19.9 Å². The highest BCUT2D eigenvalue weighted by molar-refractivity contribution is 5.90. The van der Waals surface area contributed by atoms with Crippen molar-refractivity contribution < 1.29 is 0 Å². The molecule has 0 aliphatic carbocycles. The standard InChI is InChI=1S/C22H28N6/c1-17-24-19(15-21(25-17)28-12-6-11-26(2)13-14-28)16-27(3)20-9-4-7-18-8-5-10-23-22(18)20/h4-5,7-10,15H,6,11-14,16H2,1-3H3. The van der Waals surface area contributed by atoms with E-state index in [4.69, 9.17) is 9.97 Å². The summed E-state index contributed by atoms with van der Waals surface area (Å²) in [5.74, 6) is 1.87. The molecule has 3 aromatic rings. The van der Waals surface area contributed by atoms with E-state index in [1.54, 1.807) is 0 Å². The number of para-hydroxylation sites is 1. The van der Waals surface area contributed by atoms with Crippen molar-refractivity contribution in [3.63, 3.8) is 0 Å². The van der Waals surface area contributed by atoms with Crippen molar-refractivity contribution in [1.29, 1.82) is 0 Å². The average molecular weight is 377 g/mol. The number of pyridine rings is 1. The summed E-state index contributed by atoms with van der Waals surface area (Å²) in [6.45, 7) is 6.97. The molecule has 146 valence electrons. The van der Waals surface area contributed by atoms with Crippen LogP contribution >= 0.6 is 0 Å². The molecule has 2 aromatic heterocycles. The van der Waals surface area contributed by atoms with Crippen LogP contribution in [-0.4, -0.2) is 60.1 Å². The van der Waals surface area contributed by atoms with Crippen LogP contribution < -0.4 is 9.80 Å². The molecule has 0 spiro atoms. The second-order valence-electron chi connectivity index (χ2n) is 7.62. The van der Waals surface area contributed by atoms with Crippen molar-refractivity contribution in [2.45, 2.75) is 19.9 Å². The molecule has 0 amide bonds. The number of hydrogen-bond acceptors (Lipinski definition) is 6. The Labute approximate surface area is 166 Å². The SMILES string of the molecule is Cc1nc(CN(C)c2cccc3cccnc23)cc(N2CCCN(C)CC2)n1. The lowest BCUT2D eigenvalue weighted by Crippen LogP contribution is -2.30. The minimum atomic E-state index is 0.722. The molecule has 4 rings (SSSR count). The molecule has 3 heterocycles. The summed E-state index contributed by atoms with van der Waals surface area (Å²) in [5.41, 5.74) is 3.18. The second-order valence-corrected chi connectivity index (χ2v) is 7.62. The highest BCUT2D eigenvalue weighted by Gasteiger charge is 2.16. The first-order chi connectivity index (χ1) is 13.6. The third-order valence-corrected chi connectivity index (χ3v) is 5.34. The van der Waals surface area contributed by atoms with Crippen LogP contribution in [0.3, 0.4) is 0 Å². The van der Waals surface area contributed by atoms with Crippen LogP contribution in [0.2, 0.25) is 0 Å². The van der Waals surface area contributed by atoms with Crippen LogP contribution in [0.1, 0.15) is 17.9 Å². The van der Waals surface area contributed by atoms with Gasteiger partial charge in [0.25, 0.3) is 0 Å². The normalized spacial score (nSPS) is 15.6. The molecule has 1 saturated heterocycles. The van der Waals surface area contributed by atoms with E-state index in [1.807, 2.05) is 19.2 Å². The molecular formula is C22H28N6. The lowest BCUT2D eigenvalue weighted by atomic mass is 10.1. The molecule has 1 aromatic carbocycles. The molecular weight excluding hydrogens is 348 g/mol. The topological polar surface area (TPSA) is 48.4 Å². The summed E-state index contributed by atoms with van der Waals surface area (Å²) in [6.07, 6.45) is 3.01. The maximum Gasteiger partial charge on any atom is 0.132 e. The van der Waals surface area contributed by atoms with Gasteiger partial charge in [0.2, 0.25) is 0 Å². The van der Waals surface area contributed by atoms with E-state index in [-0.39, 0.29) is 0 Å². The zero-order valence-corrected chi connectivity index (χ0v) is 17.0. The molecule has 0 atom stereocenters. The van der Waals surface area contributed by atoms with Crippen molar-refractivity contribution in [2.75, 3.05) is 50.1 Å². The maximum absolute atomic E-state index is 4.72. The quantitative estimate of drug-likeness (QED) is 0.697. The number of aryl methyl sites for hydroxylation is 1. The Kier molecular flexibility index (Phi) is 5.39. The van der Waals surface area contributed by atoms with Crippen molar-refractivity contribution >= 4 is 22.4 Å². The Hall–Kier alpha value is -2.73. The highest BCUT2D eigenvalue weighted by atomic mass is 15.2. The Morgan fingerprint density at radius 1 is 1.04 bits per heavy atom. The van der Waals surface area contributed by atoms with Gasteiger partial charge in [-0.25, -0.2) is 9.97 Å². The zero-order chi connectivity index (χ0) is 19.5. The van der Waals surface area contributed by atoms with Gasteiger partial charge in [0, 0.05) is 44.3 Å². The van der Waals surface area contributed by atoms with E-state index in [0.29, 0.717) is 0 Å². The van der Waals surface area contributed by atoms with E-state index in [9.17, 15) is 0 Å². The number of nitrogens with zero attached hydrogens (tertiary/aromatic N) is 6. The Bertz CT molecular complexity index is 951. The fourth-order valence-electron chi connectivity index (χ4n) is 3.86. The second kappa shape index (κ2) is 8.10. The predicted octanol–water partition coefficient (Wildman–Crippen LogP) is 3.11. The molecule has 6 heteroatoms. The van der Waals surface area contributed by atoms with Gasteiger partial charge in [-0.05, 0) is 39.1 Å². The van der Waals surface area contributed by atoms with Crippen LogP contribution in [0, 0.1) is 6.92 Å². The third kappa shape index (κ3) is 4.07. The summed E-state index contributed by atoms with van der Waals surface area (Å²) >= 11 is 0. The molecule has 1 aliphatic rings. The van der Waals surface area contributed by atoms with Gasteiger partial charge in [-0.2, -0.15) is 0 Å². The van der Waals surface area contributed by atoms with E-state index < -0.39 is 0 Å². The molecule has 0 bridgehead atoms. The Balaban J connectivity index is 1.58. The van der Waals surface area contributed by atoms with Crippen LogP contribution in [0.4, 0.5) is 11.5 Å². The van der Waals surface area contributed by atoms with Gasteiger partial charge in [-0.1, -0.05) is 18.2 Å². The summed E-state index contributed by atoms with van der Waals surface area (Å²) in [6, 6.07) is 12.5. The number of aromatic nitrogens is 3. The minimum absolute atomic E-state index is 0.722. The molecule has 6 nitrogen and oxygen atoms in total. The van der Waals surface area contributed by atoms with Gasteiger partial charge in [0.05, 0.1) is 23.4 Å². The van der Waals surface area contributed by atoms with Gasteiger partial charge in [0.1, 0.15) is 11.6 Å². The van der Waals surface area contributed by atoms with Gasteiger partial charge >= 0.3 is 0 Å². The summed E-state index contributed by atoms with van der Waals surface area (Å²) < 4.78 is 0. The Morgan fingerprint density at radius 3 is 2.79 bits per heavy atom. The molecule has 28 heavy (non-hydrogen) atoms. The molecule has 0 saturated carbocycles. The zero-order valence-electron chi connectivity index (χ0n) is 17.0. The van der Waals surface area contributed by atoms with E-state index in [2.05, 4.69) is 64.1 Å². The predicted molar refractivity (Wildman–Crippen MR) is 115 cm³/mol. The van der Waals surface area contributed by atoms with Crippen LogP contribution in [0.5, 0.6) is 0 Å². The fraction of sp³-hybridized carbons (Fsp3) is 0.409. The molecule has 1 aliphatic heterocycles. The fourth-order valence-corrected chi connectivity index (χ4v) is 3.86. The number of anilines is 2. The average Bonchev–Trinajstić information content (AvgIpc) is 2.91. The van der Waals surface area contributed by atoms with Gasteiger partial charge in [-0.3, -0.25) is 4.98 Å². The lowest BCUT2D eigenvalue weighted by molar-refractivity contribution is 0.360. The molecule has 0 radical (unpaired) electrons. The first-order valence-corrected chi connectivity index (χ1v) is 9.93. The number of rotatable bonds is 4. The molecule has 0 unspecified atom stereocenters. The van der Waals surface area contributed by atoms with Crippen LogP contribution in [0.25, 0.3) is 10.9 Å². The van der Waals surface area contributed by atoms with Crippen LogP contribution in [0.15, 0.2) is 42.6 Å². The smallest absolute Gasteiger partial charge is 0.132 e. The number of fused-ring (bicyclic) bond motifs is 1.